The Labute approximate surface area is 237 Å². The molecule has 6 nitrogen and oxygen atoms in total. The second-order valence-electron chi connectivity index (χ2n) is 8.41. The van der Waals surface area contributed by atoms with Crippen LogP contribution in [0, 0.1) is 0 Å². The number of carboxylic acids is 1. The van der Waals surface area contributed by atoms with Crippen LogP contribution in [0.3, 0.4) is 0 Å². The molecule has 0 saturated carbocycles. The molecule has 0 saturated heterocycles. The maximum Gasteiger partial charge on any atom is 1.00 e. The molecule has 0 aliphatic rings. The standard InChI is InChI=1S/C24H41NO5S.K/c1-2-3-4-5-6-7-8-9-10-11-12-13-14-15-18-25-22-16-17-23(24(26)27)21(19-22)20-31(28,29)30;/h16-17,19,25H,2-15,18,20H2,1H3,(H,26,27)(H,28,29,30);/q;+1/p-1. The summed E-state index contributed by atoms with van der Waals surface area (Å²) in [6.07, 6.45) is 18.2. The summed E-state index contributed by atoms with van der Waals surface area (Å²) in [5, 5.41) is 14.3. The molecule has 0 spiro atoms. The maximum atomic E-state index is 11.1. The predicted molar refractivity (Wildman–Crippen MR) is 125 cm³/mol. The third-order valence-electron chi connectivity index (χ3n) is 5.52. The number of anilines is 1. The van der Waals surface area contributed by atoms with Gasteiger partial charge in [0.05, 0.1) is 5.97 Å². The van der Waals surface area contributed by atoms with Crippen molar-refractivity contribution in [2.75, 3.05) is 11.9 Å². The van der Waals surface area contributed by atoms with E-state index in [1.165, 1.54) is 89.2 Å². The average Bonchev–Trinajstić information content (AvgIpc) is 2.69. The van der Waals surface area contributed by atoms with E-state index in [0.29, 0.717) is 5.69 Å². The van der Waals surface area contributed by atoms with Crippen LogP contribution < -0.4 is 61.8 Å². The van der Waals surface area contributed by atoms with Crippen molar-refractivity contribution in [1.82, 2.24) is 0 Å². The Bertz CT molecular complexity index is 740. The molecule has 0 aliphatic carbocycles. The Morgan fingerprint density at radius 2 is 1.34 bits per heavy atom. The van der Waals surface area contributed by atoms with Crippen LogP contribution in [0.1, 0.15) is 113 Å². The molecule has 1 rings (SSSR count). The zero-order valence-electron chi connectivity index (χ0n) is 20.0. The van der Waals surface area contributed by atoms with Gasteiger partial charge in [-0.05, 0) is 24.1 Å². The van der Waals surface area contributed by atoms with E-state index in [-0.39, 0.29) is 62.5 Å². The number of unbranched alkanes of at least 4 members (excludes halogenated alkanes) is 13. The first-order chi connectivity index (χ1) is 14.8. The first kappa shape index (κ1) is 32.0. The molecule has 0 radical (unpaired) electrons. The van der Waals surface area contributed by atoms with Crippen molar-refractivity contribution in [3.05, 3.63) is 29.3 Å². The number of aromatic carboxylic acids is 1. The van der Waals surface area contributed by atoms with Crippen LogP contribution >= 0.6 is 0 Å². The van der Waals surface area contributed by atoms with E-state index in [2.05, 4.69) is 12.2 Å². The molecule has 0 atom stereocenters. The zero-order chi connectivity index (χ0) is 23.0. The molecular weight excluding hydrogens is 453 g/mol. The zero-order valence-corrected chi connectivity index (χ0v) is 24.0. The number of hydrogen-bond donors (Lipinski definition) is 2. The average molecular weight is 494 g/mol. The monoisotopic (exact) mass is 493 g/mol. The van der Waals surface area contributed by atoms with Crippen molar-refractivity contribution >= 4 is 21.8 Å². The number of nitrogens with one attached hydrogen (secondary N) is 1. The van der Waals surface area contributed by atoms with Gasteiger partial charge in [0.15, 0.2) is 0 Å². The molecule has 178 valence electrons. The van der Waals surface area contributed by atoms with Gasteiger partial charge in [-0.1, -0.05) is 96.5 Å². The molecule has 1 aromatic carbocycles. The van der Waals surface area contributed by atoms with Crippen LogP contribution in [-0.4, -0.2) is 25.5 Å². The van der Waals surface area contributed by atoms with Crippen LogP contribution in [0.5, 0.6) is 0 Å². The van der Waals surface area contributed by atoms with Crippen molar-refractivity contribution in [1.29, 1.82) is 0 Å². The summed E-state index contributed by atoms with van der Waals surface area (Å²) in [5.74, 6) is -2.21. The Hall–Kier alpha value is 0.0364. The summed E-state index contributed by atoms with van der Waals surface area (Å²) >= 11 is 0. The number of rotatable bonds is 19. The van der Waals surface area contributed by atoms with Crippen LogP contribution in [0.25, 0.3) is 0 Å². The molecule has 1 aromatic rings. The first-order valence-electron chi connectivity index (χ1n) is 11.9. The van der Waals surface area contributed by atoms with Crippen molar-refractivity contribution in [3.63, 3.8) is 0 Å². The first-order valence-corrected chi connectivity index (χ1v) is 13.5. The van der Waals surface area contributed by atoms with Crippen LogP contribution in [-0.2, 0) is 15.9 Å². The Kier molecular flexibility index (Phi) is 19.4. The summed E-state index contributed by atoms with van der Waals surface area (Å²) in [4.78, 5) is 11.1. The molecule has 0 aliphatic heterocycles. The number of carbonyl (C=O) groups is 1. The molecule has 0 amide bonds. The SMILES string of the molecule is CCCCCCCCCCCCCCCCNc1ccc(C(=O)[O-])c(CS(=O)(=O)O)c1.[K+]. The van der Waals surface area contributed by atoms with Gasteiger partial charge >= 0.3 is 51.4 Å². The quantitative estimate of drug-likeness (QED) is 0.174. The largest absolute Gasteiger partial charge is 1.00 e. The number of benzene rings is 1. The molecule has 0 bridgehead atoms. The molecule has 32 heavy (non-hydrogen) atoms. The van der Waals surface area contributed by atoms with Crippen molar-refractivity contribution in [2.45, 2.75) is 103 Å². The van der Waals surface area contributed by atoms with Crippen molar-refractivity contribution < 1.29 is 74.3 Å². The summed E-state index contributed by atoms with van der Waals surface area (Å²) < 4.78 is 31.3. The van der Waals surface area contributed by atoms with Crippen LogP contribution in [0.15, 0.2) is 18.2 Å². The summed E-state index contributed by atoms with van der Waals surface area (Å²) in [7, 11) is -4.32. The van der Waals surface area contributed by atoms with E-state index >= 15 is 0 Å². The second-order valence-corrected chi connectivity index (χ2v) is 9.86. The topological polar surface area (TPSA) is 107 Å². The van der Waals surface area contributed by atoms with E-state index < -0.39 is 21.8 Å². The second kappa shape index (κ2) is 19.4. The van der Waals surface area contributed by atoms with Gasteiger partial charge in [0.2, 0.25) is 0 Å². The van der Waals surface area contributed by atoms with Crippen LogP contribution in [0.4, 0.5) is 5.69 Å². The fourth-order valence-corrected chi connectivity index (χ4v) is 4.40. The van der Waals surface area contributed by atoms with E-state index in [1.807, 2.05) is 0 Å². The Balaban J connectivity index is 0.00000961. The fourth-order valence-electron chi connectivity index (χ4n) is 3.77. The molecule has 8 heteroatoms. The minimum atomic E-state index is -4.32. The summed E-state index contributed by atoms with van der Waals surface area (Å²) in [5.41, 5.74) is 0.437. The molecule has 2 N–H and O–H groups in total. The van der Waals surface area contributed by atoms with Crippen molar-refractivity contribution in [2.24, 2.45) is 0 Å². The normalized spacial score (nSPS) is 11.2. The van der Waals surface area contributed by atoms with E-state index in [0.717, 1.165) is 19.4 Å². The van der Waals surface area contributed by atoms with E-state index in [4.69, 9.17) is 4.55 Å². The Morgan fingerprint density at radius 3 is 1.78 bits per heavy atom. The molecule has 0 heterocycles. The minimum absolute atomic E-state index is 0. The van der Waals surface area contributed by atoms with Gasteiger partial charge in [0.1, 0.15) is 5.75 Å². The predicted octanol–water partition coefficient (Wildman–Crippen LogP) is 2.34. The smallest absolute Gasteiger partial charge is 0.545 e. The molecule has 0 aromatic heterocycles. The van der Waals surface area contributed by atoms with Gasteiger partial charge in [-0.2, -0.15) is 8.42 Å². The number of hydrogen-bond acceptors (Lipinski definition) is 5. The molecular formula is C24H40KNO5S. The minimum Gasteiger partial charge on any atom is -0.545 e. The summed E-state index contributed by atoms with van der Waals surface area (Å²) in [6, 6.07) is 4.34. The van der Waals surface area contributed by atoms with Gasteiger partial charge in [-0.15, -0.1) is 0 Å². The molecule has 0 fully saturated rings. The van der Waals surface area contributed by atoms with Gasteiger partial charge in [-0.3, -0.25) is 4.55 Å². The van der Waals surface area contributed by atoms with Gasteiger partial charge < -0.3 is 15.2 Å². The molecule has 0 unspecified atom stereocenters. The third-order valence-corrected chi connectivity index (χ3v) is 6.20. The van der Waals surface area contributed by atoms with E-state index in [9.17, 15) is 18.3 Å². The van der Waals surface area contributed by atoms with E-state index in [1.54, 1.807) is 6.07 Å². The van der Waals surface area contributed by atoms with Gasteiger partial charge in [0.25, 0.3) is 10.1 Å². The number of carboxylic acid groups (broad SMARTS) is 1. The Morgan fingerprint density at radius 1 is 0.875 bits per heavy atom. The van der Waals surface area contributed by atoms with Gasteiger partial charge in [-0.25, -0.2) is 0 Å². The van der Waals surface area contributed by atoms with Gasteiger partial charge in [0, 0.05) is 17.8 Å². The fraction of sp³-hybridized carbons (Fsp3) is 0.708. The summed E-state index contributed by atoms with van der Waals surface area (Å²) in [6.45, 7) is 2.98. The van der Waals surface area contributed by atoms with Crippen molar-refractivity contribution in [3.8, 4) is 0 Å². The van der Waals surface area contributed by atoms with Crippen LogP contribution in [0.2, 0.25) is 0 Å². The number of carbonyl (C=O) groups excluding carboxylic acids is 1. The third kappa shape index (κ3) is 16.6. The maximum absolute atomic E-state index is 11.1.